The van der Waals surface area contributed by atoms with Crippen LogP contribution in [0.1, 0.15) is 0 Å². The largest absolute Gasteiger partial charge is 0.439 e. The Labute approximate surface area is 106 Å². The topological polar surface area (TPSA) is 35.0 Å². The molecule has 1 aromatic carbocycles. The zero-order valence-corrected chi connectivity index (χ0v) is 11.0. The SMILES string of the molecule is CSc1cc(Oc2ccc(Br)cc2)ncn1. The van der Waals surface area contributed by atoms with E-state index in [0.717, 1.165) is 15.2 Å². The molecule has 2 aromatic rings. The quantitative estimate of drug-likeness (QED) is 0.638. The number of nitrogens with zero attached hydrogens (tertiary/aromatic N) is 2. The number of rotatable bonds is 3. The fraction of sp³-hybridized carbons (Fsp3) is 0.0909. The highest BCUT2D eigenvalue weighted by Gasteiger charge is 2.00. The van der Waals surface area contributed by atoms with Crippen molar-refractivity contribution in [3.8, 4) is 11.6 Å². The second-order valence-electron chi connectivity index (χ2n) is 2.95. The molecule has 0 aliphatic heterocycles. The van der Waals surface area contributed by atoms with Crippen LogP contribution in [0.5, 0.6) is 11.6 Å². The maximum Gasteiger partial charge on any atom is 0.223 e. The fourth-order valence-electron chi connectivity index (χ4n) is 1.11. The lowest BCUT2D eigenvalue weighted by Crippen LogP contribution is -1.89. The highest BCUT2D eigenvalue weighted by Crippen LogP contribution is 2.23. The third-order valence-corrected chi connectivity index (χ3v) is 3.03. The molecule has 0 atom stereocenters. The number of halogens is 1. The molecule has 2 rings (SSSR count). The number of thioether (sulfide) groups is 1. The molecule has 0 bridgehead atoms. The van der Waals surface area contributed by atoms with E-state index in [1.54, 1.807) is 11.8 Å². The van der Waals surface area contributed by atoms with Gasteiger partial charge in [-0.05, 0) is 30.5 Å². The van der Waals surface area contributed by atoms with Gasteiger partial charge in [0.25, 0.3) is 0 Å². The molecule has 0 saturated heterocycles. The summed E-state index contributed by atoms with van der Waals surface area (Å²) < 4.78 is 6.61. The van der Waals surface area contributed by atoms with Gasteiger partial charge in [-0.1, -0.05) is 15.9 Å². The molecule has 0 amide bonds. The summed E-state index contributed by atoms with van der Waals surface area (Å²) in [6, 6.07) is 9.42. The molecule has 82 valence electrons. The van der Waals surface area contributed by atoms with Crippen molar-refractivity contribution in [2.24, 2.45) is 0 Å². The number of benzene rings is 1. The van der Waals surface area contributed by atoms with Crippen molar-refractivity contribution in [1.82, 2.24) is 9.97 Å². The molecule has 1 aromatic heterocycles. The predicted octanol–water partition coefficient (Wildman–Crippen LogP) is 3.75. The van der Waals surface area contributed by atoms with Crippen LogP contribution in [0, 0.1) is 0 Å². The van der Waals surface area contributed by atoms with Crippen molar-refractivity contribution in [2.75, 3.05) is 6.26 Å². The first-order chi connectivity index (χ1) is 7.78. The van der Waals surface area contributed by atoms with Crippen LogP contribution in [0.25, 0.3) is 0 Å². The van der Waals surface area contributed by atoms with Gasteiger partial charge in [-0.2, -0.15) is 0 Å². The summed E-state index contributed by atoms with van der Waals surface area (Å²) >= 11 is 4.93. The number of hydrogen-bond donors (Lipinski definition) is 0. The third-order valence-electron chi connectivity index (χ3n) is 1.86. The lowest BCUT2D eigenvalue weighted by atomic mass is 10.3. The molecule has 0 unspecified atom stereocenters. The number of ether oxygens (including phenoxy) is 1. The summed E-state index contributed by atoms with van der Waals surface area (Å²) in [7, 11) is 0. The summed E-state index contributed by atoms with van der Waals surface area (Å²) in [5, 5.41) is 0.891. The van der Waals surface area contributed by atoms with E-state index in [1.165, 1.54) is 6.33 Å². The van der Waals surface area contributed by atoms with Crippen molar-refractivity contribution in [3.05, 3.63) is 41.1 Å². The van der Waals surface area contributed by atoms with E-state index >= 15 is 0 Å². The van der Waals surface area contributed by atoms with Crippen molar-refractivity contribution in [3.63, 3.8) is 0 Å². The van der Waals surface area contributed by atoms with E-state index in [-0.39, 0.29) is 0 Å². The summed E-state index contributed by atoms with van der Waals surface area (Å²) in [6.07, 6.45) is 3.46. The maximum absolute atomic E-state index is 5.59. The first-order valence-electron chi connectivity index (χ1n) is 4.57. The minimum Gasteiger partial charge on any atom is -0.439 e. The Morgan fingerprint density at radius 2 is 1.94 bits per heavy atom. The lowest BCUT2D eigenvalue weighted by molar-refractivity contribution is 0.459. The Morgan fingerprint density at radius 1 is 1.19 bits per heavy atom. The van der Waals surface area contributed by atoms with Gasteiger partial charge in [0.2, 0.25) is 5.88 Å². The molecule has 0 N–H and O–H groups in total. The van der Waals surface area contributed by atoms with E-state index in [0.29, 0.717) is 5.88 Å². The van der Waals surface area contributed by atoms with Crippen LogP contribution >= 0.6 is 27.7 Å². The Balaban J connectivity index is 2.16. The number of hydrogen-bond acceptors (Lipinski definition) is 4. The Bertz CT molecular complexity index is 476. The van der Waals surface area contributed by atoms with Crippen molar-refractivity contribution in [2.45, 2.75) is 5.03 Å². The molecular formula is C11H9BrN2OS. The molecule has 1 heterocycles. The molecule has 3 nitrogen and oxygen atoms in total. The van der Waals surface area contributed by atoms with Crippen molar-refractivity contribution in [1.29, 1.82) is 0 Å². The number of aromatic nitrogens is 2. The molecule has 0 saturated carbocycles. The molecule has 0 fully saturated rings. The van der Waals surface area contributed by atoms with E-state index < -0.39 is 0 Å². The van der Waals surface area contributed by atoms with Gasteiger partial charge in [0.05, 0.1) is 0 Å². The molecule has 16 heavy (non-hydrogen) atoms. The average molecular weight is 297 g/mol. The Kier molecular flexibility index (Phi) is 3.79. The summed E-state index contributed by atoms with van der Waals surface area (Å²) in [5.41, 5.74) is 0. The molecule has 0 radical (unpaired) electrons. The van der Waals surface area contributed by atoms with E-state index in [2.05, 4.69) is 25.9 Å². The summed E-state index contributed by atoms with van der Waals surface area (Å²) in [6.45, 7) is 0. The van der Waals surface area contributed by atoms with Crippen LogP contribution < -0.4 is 4.74 Å². The minimum atomic E-state index is 0.557. The Morgan fingerprint density at radius 3 is 2.62 bits per heavy atom. The van der Waals surface area contributed by atoms with Gasteiger partial charge in [-0.15, -0.1) is 11.8 Å². The van der Waals surface area contributed by atoms with Crippen LogP contribution in [-0.4, -0.2) is 16.2 Å². The van der Waals surface area contributed by atoms with Crippen molar-refractivity contribution < 1.29 is 4.74 Å². The van der Waals surface area contributed by atoms with Gasteiger partial charge in [0.1, 0.15) is 17.1 Å². The summed E-state index contributed by atoms with van der Waals surface area (Å²) in [5.74, 6) is 1.32. The van der Waals surface area contributed by atoms with E-state index in [9.17, 15) is 0 Å². The zero-order valence-electron chi connectivity index (χ0n) is 8.55. The Hall–Kier alpha value is -1.07. The first kappa shape index (κ1) is 11.4. The monoisotopic (exact) mass is 296 g/mol. The van der Waals surface area contributed by atoms with Crippen LogP contribution in [0.2, 0.25) is 0 Å². The van der Waals surface area contributed by atoms with Crippen molar-refractivity contribution >= 4 is 27.7 Å². The molecule has 0 aliphatic rings. The van der Waals surface area contributed by atoms with E-state index in [1.807, 2.05) is 36.6 Å². The standard InChI is InChI=1S/C11H9BrN2OS/c1-16-11-6-10(13-7-14-11)15-9-4-2-8(12)3-5-9/h2-7H,1H3. The highest BCUT2D eigenvalue weighted by molar-refractivity contribution is 9.10. The second-order valence-corrected chi connectivity index (χ2v) is 4.70. The van der Waals surface area contributed by atoms with Gasteiger partial charge in [-0.3, -0.25) is 0 Å². The second kappa shape index (κ2) is 5.32. The summed E-state index contributed by atoms with van der Waals surface area (Å²) in [4.78, 5) is 8.12. The maximum atomic E-state index is 5.59. The zero-order chi connectivity index (χ0) is 11.4. The van der Waals surface area contributed by atoms with Gasteiger partial charge in [-0.25, -0.2) is 9.97 Å². The smallest absolute Gasteiger partial charge is 0.223 e. The average Bonchev–Trinajstić information content (AvgIpc) is 2.32. The van der Waals surface area contributed by atoms with Gasteiger partial charge >= 0.3 is 0 Å². The predicted molar refractivity (Wildman–Crippen MR) is 68.0 cm³/mol. The first-order valence-corrected chi connectivity index (χ1v) is 6.59. The van der Waals surface area contributed by atoms with Gasteiger partial charge in [0.15, 0.2) is 0 Å². The van der Waals surface area contributed by atoms with E-state index in [4.69, 9.17) is 4.74 Å². The van der Waals surface area contributed by atoms with Gasteiger partial charge < -0.3 is 4.74 Å². The van der Waals surface area contributed by atoms with Crippen LogP contribution in [0.15, 0.2) is 46.2 Å². The molecule has 5 heteroatoms. The van der Waals surface area contributed by atoms with Crippen LogP contribution in [-0.2, 0) is 0 Å². The van der Waals surface area contributed by atoms with Crippen LogP contribution in [0.4, 0.5) is 0 Å². The minimum absolute atomic E-state index is 0.557. The molecule has 0 aliphatic carbocycles. The molecule has 0 spiro atoms. The highest BCUT2D eigenvalue weighted by atomic mass is 79.9. The van der Waals surface area contributed by atoms with Crippen LogP contribution in [0.3, 0.4) is 0 Å². The fourth-order valence-corrected chi connectivity index (χ4v) is 1.75. The normalized spacial score (nSPS) is 10.1. The van der Waals surface area contributed by atoms with Gasteiger partial charge in [0, 0.05) is 10.5 Å². The molecular weight excluding hydrogens is 288 g/mol. The third kappa shape index (κ3) is 2.96. The lowest BCUT2D eigenvalue weighted by Gasteiger charge is -2.04.